The van der Waals surface area contributed by atoms with Gasteiger partial charge in [-0.25, -0.2) is 0 Å². The smallest absolute Gasteiger partial charge is 0.189 e. The van der Waals surface area contributed by atoms with Crippen molar-refractivity contribution in [3.05, 3.63) is 51.5 Å². The third-order valence-electron chi connectivity index (χ3n) is 2.06. The lowest BCUT2D eigenvalue weighted by Gasteiger charge is -2.11. The van der Waals surface area contributed by atoms with Crippen LogP contribution in [-0.2, 0) is 0 Å². The van der Waals surface area contributed by atoms with Crippen molar-refractivity contribution in [3.8, 4) is 17.2 Å². The zero-order valence-electron chi connectivity index (χ0n) is 8.45. The van der Waals surface area contributed by atoms with Gasteiger partial charge in [0.05, 0.1) is 10.0 Å². The first-order valence-electron chi connectivity index (χ1n) is 4.69. The Morgan fingerprint density at radius 3 is 2.24 bits per heavy atom. The SMILES string of the molecule is Oc1cc(Cl)c(Cl)c(Cl)c1Oc1ccccc1. The molecule has 2 nitrogen and oxygen atoms in total. The summed E-state index contributed by atoms with van der Waals surface area (Å²) in [5.74, 6) is 0.476. The molecule has 0 radical (unpaired) electrons. The van der Waals surface area contributed by atoms with Crippen LogP contribution >= 0.6 is 34.8 Å². The largest absolute Gasteiger partial charge is 0.504 e. The highest BCUT2D eigenvalue weighted by Crippen LogP contribution is 2.45. The van der Waals surface area contributed by atoms with E-state index < -0.39 is 0 Å². The summed E-state index contributed by atoms with van der Waals surface area (Å²) in [6.07, 6.45) is 0. The topological polar surface area (TPSA) is 29.5 Å². The van der Waals surface area contributed by atoms with Crippen molar-refractivity contribution in [3.63, 3.8) is 0 Å². The van der Waals surface area contributed by atoms with Gasteiger partial charge in [0.15, 0.2) is 11.5 Å². The fraction of sp³-hybridized carbons (Fsp3) is 0. The first-order chi connectivity index (χ1) is 8.09. The van der Waals surface area contributed by atoms with Gasteiger partial charge in [-0.05, 0) is 12.1 Å². The number of aromatic hydroxyl groups is 1. The molecule has 17 heavy (non-hydrogen) atoms. The summed E-state index contributed by atoms with van der Waals surface area (Å²) in [5, 5.41) is 10.1. The van der Waals surface area contributed by atoms with E-state index in [0.717, 1.165) is 0 Å². The van der Waals surface area contributed by atoms with Crippen molar-refractivity contribution < 1.29 is 9.84 Å². The second-order valence-corrected chi connectivity index (χ2v) is 4.41. The lowest BCUT2D eigenvalue weighted by molar-refractivity contribution is 0.411. The van der Waals surface area contributed by atoms with Crippen molar-refractivity contribution in [1.82, 2.24) is 0 Å². The molecule has 0 amide bonds. The summed E-state index contributed by atoms with van der Waals surface area (Å²) >= 11 is 17.6. The molecule has 2 aromatic carbocycles. The van der Waals surface area contributed by atoms with Crippen LogP contribution in [0.5, 0.6) is 17.2 Å². The number of benzene rings is 2. The molecule has 0 saturated carbocycles. The monoisotopic (exact) mass is 288 g/mol. The second-order valence-electron chi connectivity index (χ2n) is 3.25. The molecule has 1 N–H and O–H groups in total. The predicted molar refractivity (Wildman–Crippen MR) is 69.7 cm³/mol. The molecule has 0 aromatic heterocycles. The highest BCUT2D eigenvalue weighted by molar-refractivity contribution is 6.48. The van der Waals surface area contributed by atoms with E-state index in [1.165, 1.54) is 6.07 Å². The van der Waals surface area contributed by atoms with E-state index in [-0.39, 0.29) is 26.6 Å². The fourth-order valence-electron chi connectivity index (χ4n) is 1.27. The molecule has 0 aliphatic carbocycles. The second kappa shape index (κ2) is 5.05. The van der Waals surface area contributed by atoms with Crippen LogP contribution in [0.1, 0.15) is 0 Å². The van der Waals surface area contributed by atoms with Crippen LogP contribution in [-0.4, -0.2) is 5.11 Å². The summed E-state index contributed by atoms with van der Waals surface area (Å²) < 4.78 is 5.45. The van der Waals surface area contributed by atoms with Gasteiger partial charge in [0.25, 0.3) is 0 Å². The maximum absolute atomic E-state index is 9.71. The Kier molecular flexibility index (Phi) is 3.67. The molecule has 0 aliphatic heterocycles. The van der Waals surface area contributed by atoms with Crippen LogP contribution < -0.4 is 4.74 Å². The van der Waals surface area contributed by atoms with Gasteiger partial charge >= 0.3 is 0 Å². The number of halogens is 3. The molecule has 0 saturated heterocycles. The van der Waals surface area contributed by atoms with Crippen molar-refractivity contribution in [1.29, 1.82) is 0 Å². The number of phenols is 1. The Balaban J connectivity index is 2.43. The van der Waals surface area contributed by atoms with Crippen LogP contribution in [0.25, 0.3) is 0 Å². The van der Waals surface area contributed by atoms with Crippen molar-refractivity contribution in [2.45, 2.75) is 0 Å². The molecular weight excluding hydrogens is 282 g/mol. The van der Waals surface area contributed by atoms with E-state index in [4.69, 9.17) is 39.5 Å². The van der Waals surface area contributed by atoms with Crippen LogP contribution in [0.15, 0.2) is 36.4 Å². The highest BCUT2D eigenvalue weighted by Gasteiger charge is 2.16. The summed E-state index contributed by atoms with van der Waals surface area (Å²) in [7, 11) is 0. The summed E-state index contributed by atoms with van der Waals surface area (Å²) in [6, 6.07) is 10.2. The Labute approximate surface area is 113 Å². The summed E-state index contributed by atoms with van der Waals surface area (Å²) in [6.45, 7) is 0. The van der Waals surface area contributed by atoms with Gasteiger partial charge < -0.3 is 9.84 Å². The minimum Gasteiger partial charge on any atom is -0.504 e. The normalized spacial score (nSPS) is 10.3. The molecule has 2 aromatic rings. The van der Waals surface area contributed by atoms with E-state index in [1.54, 1.807) is 24.3 Å². The number of phenolic OH excluding ortho intramolecular Hbond substituents is 1. The number of hydrogen-bond donors (Lipinski definition) is 1. The Morgan fingerprint density at radius 2 is 1.59 bits per heavy atom. The molecule has 0 bridgehead atoms. The van der Waals surface area contributed by atoms with Crippen molar-refractivity contribution >= 4 is 34.8 Å². The van der Waals surface area contributed by atoms with Gasteiger partial charge in [-0.3, -0.25) is 0 Å². The Hall–Kier alpha value is -1.09. The van der Waals surface area contributed by atoms with E-state index in [9.17, 15) is 5.11 Å². The third kappa shape index (κ3) is 2.60. The molecular formula is C12H7Cl3O2. The lowest BCUT2D eigenvalue weighted by Crippen LogP contribution is -1.87. The molecule has 0 fully saturated rings. The minimum atomic E-state index is -0.159. The van der Waals surface area contributed by atoms with Gasteiger partial charge in [0.1, 0.15) is 10.8 Å². The first kappa shape index (κ1) is 12.4. The van der Waals surface area contributed by atoms with Gasteiger partial charge in [-0.15, -0.1) is 0 Å². The van der Waals surface area contributed by atoms with Crippen LogP contribution in [0.4, 0.5) is 0 Å². The van der Waals surface area contributed by atoms with Gasteiger partial charge in [0, 0.05) is 6.07 Å². The summed E-state index contributed by atoms with van der Waals surface area (Å²) in [5.41, 5.74) is 0. The standard InChI is InChI=1S/C12H7Cl3O2/c13-8-6-9(16)12(11(15)10(8)14)17-7-4-2-1-3-5-7/h1-6,16H. The lowest BCUT2D eigenvalue weighted by atomic mass is 10.3. The number of hydrogen-bond acceptors (Lipinski definition) is 2. The van der Waals surface area contributed by atoms with Crippen LogP contribution in [0.3, 0.4) is 0 Å². The van der Waals surface area contributed by atoms with Crippen LogP contribution in [0.2, 0.25) is 15.1 Å². The molecule has 88 valence electrons. The van der Waals surface area contributed by atoms with E-state index in [2.05, 4.69) is 0 Å². The van der Waals surface area contributed by atoms with Gasteiger partial charge in [0.2, 0.25) is 0 Å². The van der Waals surface area contributed by atoms with Gasteiger partial charge in [-0.1, -0.05) is 53.0 Å². The number of rotatable bonds is 2. The molecule has 0 aliphatic rings. The van der Waals surface area contributed by atoms with E-state index >= 15 is 0 Å². The van der Waals surface area contributed by atoms with E-state index in [1.807, 2.05) is 6.07 Å². The minimum absolute atomic E-state index is 0.0838. The Bertz CT molecular complexity index is 541. The molecule has 0 unspecified atom stereocenters. The fourth-order valence-corrected chi connectivity index (χ4v) is 1.89. The van der Waals surface area contributed by atoms with Crippen molar-refractivity contribution in [2.75, 3.05) is 0 Å². The van der Waals surface area contributed by atoms with Crippen molar-refractivity contribution in [2.24, 2.45) is 0 Å². The average Bonchev–Trinajstić information content (AvgIpc) is 2.33. The highest BCUT2D eigenvalue weighted by atomic mass is 35.5. The zero-order chi connectivity index (χ0) is 12.4. The quantitative estimate of drug-likeness (QED) is 0.775. The molecule has 0 spiro atoms. The molecule has 0 atom stereocenters. The summed E-state index contributed by atoms with van der Waals surface area (Å²) in [4.78, 5) is 0. The first-order valence-corrected chi connectivity index (χ1v) is 5.82. The molecule has 0 heterocycles. The van der Waals surface area contributed by atoms with E-state index in [0.29, 0.717) is 5.75 Å². The third-order valence-corrected chi connectivity index (χ3v) is 3.31. The Morgan fingerprint density at radius 1 is 0.941 bits per heavy atom. The van der Waals surface area contributed by atoms with Gasteiger partial charge in [-0.2, -0.15) is 0 Å². The zero-order valence-corrected chi connectivity index (χ0v) is 10.7. The molecule has 5 heteroatoms. The predicted octanol–water partition coefficient (Wildman–Crippen LogP) is 5.14. The average molecular weight is 290 g/mol. The number of para-hydroxylation sites is 1. The number of ether oxygens (including phenoxy) is 1. The van der Waals surface area contributed by atoms with Crippen LogP contribution in [0, 0.1) is 0 Å². The maximum atomic E-state index is 9.71. The molecule has 2 rings (SSSR count). The maximum Gasteiger partial charge on any atom is 0.189 e.